The molecule has 144 valence electrons. The van der Waals surface area contributed by atoms with Crippen LogP contribution in [0.3, 0.4) is 0 Å². The lowest BCUT2D eigenvalue weighted by atomic mass is 10.2. The third kappa shape index (κ3) is 24.8. The van der Waals surface area contributed by atoms with Crippen molar-refractivity contribution in [3.63, 3.8) is 0 Å². The minimum Gasteiger partial charge on any atom is -0.469 e. The highest BCUT2D eigenvalue weighted by molar-refractivity contribution is 5.69. The summed E-state index contributed by atoms with van der Waals surface area (Å²) in [5, 5.41) is 7.00. The van der Waals surface area contributed by atoms with Crippen molar-refractivity contribution in [1.29, 1.82) is 0 Å². The summed E-state index contributed by atoms with van der Waals surface area (Å²) in [5.74, 6) is -0.124. The number of hydrogen-bond donors (Lipinski definition) is 1. The zero-order valence-electron chi connectivity index (χ0n) is 16.5. The molecule has 25 heavy (non-hydrogen) atoms. The molecule has 0 aromatic carbocycles. The van der Waals surface area contributed by atoms with Crippen molar-refractivity contribution in [2.45, 2.75) is 71.1 Å². The molecule has 0 aliphatic rings. The summed E-state index contributed by atoms with van der Waals surface area (Å²) in [6, 6.07) is 0. The lowest BCUT2D eigenvalue weighted by Crippen LogP contribution is -1.98. The van der Waals surface area contributed by atoms with Crippen LogP contribution < -0.4 is 0 Å². The standard InChI is InChI=1S/C21H34O2.CH4O/c1-3-4-5-6-7-8-9-10-11-12-13-14-15-16-17-18-19-20-21(22)23-2;1-2/h7-8,10-11,13-14,16-17H,3-6,9,12,15,18-20H2,1-2H3;2H,1H3. The number of aliphatic hydroxyl groups is 1. The molecule has 0 unspecified atom stereocenters. The van der Waals surface area contributed by atoms with Crippen molar-refractivity contribution >= 4 is 5.97 Å². The Hall–Kier alpha value is -1.61. The van der Waals surface area contributed by atoms with Crippen LogP contribution in [0.4, 0.5) is 0 Å². The van der Waals surface area contributed by atoms with Crippen LogP contribution in [-0.4, -0.2) is 25.3 Å². The number of allylic oxidation sites excluding steroid dienone is 8. The van der Waals surface area contributed by atoms with Crippen molar-refractivity contribution in [2.75, 3.05) is 14.2 Å². The molecule has 0 saturated heterocycles. The van der Waals surface area contributed by atoms with Crippen LogP contribution in [0.25, 0.3) is 0 Å². The Labute approximate surface area is 155 Å². The van der Waals surface area contributed by atoms with Gasteiger partial charge in [0, 0.05) is 13.5 Å². The van der Waals surface area contributed by atoms with Gasteiger partial charge in [0.25, 0.3) is 0 Å². The van der Waals surface area contributed by atoms with Crippen LogP contribution in [0.2, 0.25) is 0 Å². The Morgan fingerprint density at radius 3 is 1.64 bits per heavy atom. The Morgan fingerprint density at radius 1 is 0.760 bits per heavy atom. The van der Waals surface area contributed by atoms with Gasteiger partial charge in [0.05, 0.1) is 7.11 Å². The smallest absolute Gasteiger partial charge is 0.305 e. The van der Waals surface area contributed by atoms with E-state index in [0.29, 0.717) is 6.42 Å². The first kappa shape index (κ1) is 25.6. The van der Waals surface area contributed by atoms with E-state index < -0.39 is 0 Å². The number of carbonyl (C=O) groups is 1. The Balaban J connectivity index is 0. The number of aliphatic hydroxyl groups excluding tert-OH is 1. The van der Waals surface area contributed by atoms with E-state index in [0.717, 1.165) is 39.2 Å². The van der Waals surface area contributed by atoms with Crippen molar-refractivity contribution in [2.24, 2.45) is 0 Å². The average molecular weight is 351 g/mol. The van der Waals surface area contributed by atoms with Crippen LogP contribution in [0, 0.1) is 0 Å². The minimum absolute atomic E-state index is 0.124. The van der Waals surface area contributed by atoms with E-state index in [9.17, 15) is 4.79 Å². The molecule has 0 aromatic rings. The highest BCUT2D eigenvalue weighted by Crippen LogP contribution is 2.01. The molecule has 1 N–H and O–H groups in total. The van der Waals surface area contributed by atoms with Gasteiger partial charge in [0.2, 0.25) is 0 Å². The van der Waals surface area contributed by atoms with Crippen LogP contribution in [0.15, 0.2) is 48.6 Å². The van der Waals surface area contributed by atoms with Gasteiger partial charge in [-0.3, -0.25) is 4.79 Å². The van der Waals surface area contributed by atoms with Gasteiger partial charge in [-0.05, 0) is 44.9 Å². The molecule has 0 bridgehead atoms. The lowest BCUT2D eigenvalue weighted by molar-refractivity contribution is -0.140. The highest BCUT2D eigenvalue weighted by atomic mass is 16.5. The summed E-state index contributed by atoms with van der Waals surface area (Å²) in [6.45, 7) is 2.24. The molecule has 0 spiro atoms. The van der Waals surface area contributed by atoms with Gasteiger partial charge in [-0.2, -0.15) is 0 Å². The first-order valence-corrected chi connectivity index (χ1v) is 9.42. The summed E-state index contributed by atoms with van der Waals surface area (Å²) in [4.78, 5) is 10.9. The number of ether oxygens (including phenoxy) is 1. The van der Waals surface area contributed by atoms with Crippen molar-refractivity contribution < 1.29 is 14.6 Å². The predicted octanol–water partition coefficient (Wildman–Crippen LogP) is 5.91. The van der Waals surface area contributed by atoms with Gasteiger partial charge in [0.1, 0.15) is 0 Å². The van der Waals surface area contributed by atoms with Gasteiger partial charge in [0.15, 0.2) is 0 Å². The van der Waals surface area contributed by atoms with E-state index in [4.69, 9.17) is 5.11 Å². The highest BCUT2D eigenvalue weighted by Gasteiger charge is 1.96. The largest absolute Gasteiger partial charge is 0.469 e. The Bertz CT molecular complexity index is 379. The number of hydrogen-bond acceptors (Lipinski definition) is 3. The second-order valence-corrected chi connectivity index (χ2v) is 5.56. The first-order valence-electron chi connectivity index (χ1n) is 9.42. The lowest BCUT2D eigenvalue weighted by Gasteiger charge is -1.95. The third-order valence-electron chi connectivity index (χ3n) is 3.44. The molecule has 0 aromatic heterocycles. The van der Waals surface area contributed by atoms with Crippen molar-refractivity contribution in [3.05, 3.63) is 48.6 Å². The van der Waals surface area contributed by atoms with Crippen LogP contribution in [0.1, 0.15) is 71.1 Å². The fraction of sp³-hybridized carbons (Fsp3) is 0.591. The van der Waals surface area contributed by atoms with Crippen LogP contribution in [0.5, 0.6) is 0 Å². The van der Waals surface area contributed by atoms with E-state index in [1.54, 1.807) is 0 Å². The molecule has 3 nitrogen and oxygen atoms in total. The van der Waals surface area contributed by atoms with E-state index in [1.807, 2.05) is 0 Å². The number of rotatable bonds is 14. The molecule has 0 rings (SSSR count). The molecule has 0 saturated carbocycles. The quantitative estimate of drug-likeness (QED) is 0.240. The molecule has 0 radical (unpaired) electrons. The van der Waals surface area contributed by atoms with Gasteiger partial charge < -0.3 is 9.84 Å². The predicted molar refractivity (Wildman–Crippen MR) is 109 cm³/mol. The molecule has 0 heterocycles. The van der Waals surface area contributed by atoms with Crippen LogP contribution >= 0.6 is 0 Å². The van der Waals surface area contributed by atoms with Crippen molar-refractivity contribution in [3.8, 4) is 0 Å². The molecule has 3 heteroatoms. The second kappa shape index (κ2) is 24.6. The number of methoxy groups -OCH3 is 1. The molecule has 0 amide bonds. The Kier molecular flexibility index (Phi) is 25.3. The average Bonchev–Trinajstić information content (AvgIpc) is 2.65. The van der Waals surface area contributed by atoms with Gasteiger partial charge in [-0.25, -0.2) is 0 Å². The monoisotopic (exact) mass is 350 g/mol. The summed E-state index contributed by atoms with van der Waals surface area (Å²) >= 11 is 0. The maximum absolute atomic E-state index is 10.9. The number of unbranched alkanes of at least 4 members (excludes halogenated alkanes) is 4. The summed E-state index contributed by atoms with van der Waals surface area (Å²) in [5.41, 5.74) is 0. The fourth-order valence-corrected chi connectivity index (χ4v) is 2.03. The minimum atomic E-state index is -0.124. The summed E-state index contributed by atoms with van der Waals surface area (Å²) in [7, 11) is 2.43. The molecule has 0 aliphatic carbocycles. The molecule has 0 fully saturated rings. The maximum atomic E-state index is 10.9. The normalized spacial score (nSPS) is 11.5. The maximum Gasteiger partial charge on any atom is 0.305 e. The number of esters is 1. The Morgan fingerprint density at radius 2 is 1.20 bits per heavy atom. The van der Waals surface area contributed by atoms with Crippen LogP contribution in [-0.2, 0) is 9.53 Å². The molecular weight excluding hydrogens is 312 g/mol. The second-order valence-electron chi connectivity index (χ2n) is 5.56. The zero-order valence-corrected chi connectivity index (χ0v) is 16.5. The SMILES string of the molecule is CCCCCC=CCC=CCC=CCC=CCCCC(=O)OC.CO. The third-order valence-corrected chi connectivity index (χ3v) is 3.44. The summed E-state index contributed by atoms with van der Waals surface area (Å²) < 4.78 is 4.59. The van der Waals surface area contributed by atoms with E-state index >= 15 is 0 Å². The van der Waals surface area contributed by atoms with Gasteiger partial charge in [-0.15, -0.1) is 0 Å². The van der Waals surface area contributed by atoms with Gasteiger partial charge in [-0.1, -0.05) is 68.4 Å². The molecule has 0 atom stereocenters. The summed E-state index contributed by atoms with van der Waals surface area (Å²) in [6.07, 6.45) is 28.1. The van der Waals surface area contributed by atoms with E-state index in [-0.39, 0.29) is 5.97 Å². The zero-order chi connectivity index (χ0) is 19.0. The first-order chi connectivity index (χ1) is 12.3. The van der Waals surface area contributed by atoms with E-state index in [2.05, 4.69) is 60.3 Å². The van der Waals surface area contributed by atoms with Crippen molar-refractivity contribution in [1.82, 2.24) is 0 Å². The fourth-order valence-electron chi connectivity index (χ4n) is 2.03. The van der Waals surface area contributed by atoms with E-state index in [1.165, 1.54) is 32.8 Å². The topological polar surface area (TPSA) is 46.5 Å². The molecular formula is C22H38O3. The number of carbonyl (C=O) groups excluding carboxylic acids is 1. The molecule has 0 aliphatic heterocycles. The van der Waals surface area contributed by atoms with Gasteiger partial charge >= 0.3 is 5.97 Å².